The van der Waals surface area contributed by atoms with Crippen LogP contribution in [0.2, 0.25) is 0 Å². The molecule has 0 aliphatic carbocycles. The normalized spacial score (nSPS) is 21.1. The van der Waals surface area contributed by atoms with Crippen LogP contribution >= 0.6 is 0 Å². The highest BCUT2D eigenvalue weighted by Crippen LogP contribution is 2.22. The van der Waals surface area contributed by atoms with Gasteiger partial charge in [-0.05, 0) is 57.8 Å². The molecule has 0 aromatic carbocycles. The fourth-order valence-corrected chi connectivity index (χ4v) is 7.52. The molecule has 58 heavy (non-hydrogen) atoms. The summed E-state index contributed by atoms with van der Waals surface area (Å²) in [5.41, 5.74) is 0. The predicted octanol–water partition coefficient (Wildman–Crippen LogP) is 10.5. The first-order chi connectivity index (χ1) is 28.3. The third kappa shape index (κ3) is 29.6. The number of ether oxygens (including phenoxy) is 2. The van der Waals surface area contributed by atoms with Gasteiger partial charge in [0, 0.05) is 6.42 Å². The molecule has 0 radical (unpaired) electrons. The first kappa shape index (κ1) is 54.4. The molecule has 1 aliphatic rings. The fourth-order valence-electron chi connectivity index (χ4n) is 7.52. The monoisotopic (exact) mass is 822 g/mol. The van der Waals surface area contributed by atoms with Gasteiger partial charge in [-0.3, -0.25) is 4.79 Å². The van der Waals surface area contributed by atoms with Crippen LogP contribution in [0.3, 0.4) is 0 Å². The van der Waals surface area contributed by atoms with Crippen molar-refractivity contribution in [3.63, 3.8) is 0 Å². The van der Waals surface area contributed by atoms with Crippen LogP contribution in [0.4, 0.5) is 0 Å². The minimum atomic E-state index is -1.57. The molecule has 9 heteroatoms. The van der Waals surface area contributed by atoms with Crippen molar-refractivity contribution in [1.29, 1.82) is 0 Å². The van der Waals surface area contributed by atoms with Crippen LogP contribution in [0.1, 0.15) is 213 Å². The zero-order chi connectivity index (χ0) is 42.3. The highest BCUT2D eigenvalue weighted by Gasteiger charge is 2.44. The first-order valence-corrected chi connectivity index (χ1v) is 24.2. The highest BCUT2D eigenvalue weighted by molar-refractivity contribution is 5.76. The third-order valence-electron chi connectivity index (χ3n) is 11.4. The van der Waals surface area contributed by atoms with E-state index in [9.17, 15) is 30.3 Å². The van der Waals surface area contributed by atoms with Crippen molar-refractivity contribution < 1.29 is 39.8 Å². The van der Waals surface area contributed by atoms with Crippen LogP contribution < -0.4 is 5.32 Å². The number of unbranched alkanes of at least 4 members (excludes halogenated alkanes) is 26. The van der Waals surface area contributed by atoms with Crippen molar-refractivity contribution in [2.24, 2.45) is 0 Å². The molecule has 340 valence electrons. The largest absolute Gasteiger partial charge is 0.394 e. The Morgan fingerprint density at radius 2 is 0.983 bits per heavy atom. The Labute approximate surface area is 355 Å². The van der Waals surface area contributed by atoms with E-state index in [1.54, 1.807) is 6.08 Å². The molecule has 1 saturated heterocycles. The lowest BCUT2D eigenvalue weighted by Gasteiger charge is -2.40. The number of carbonyl (C=O) groups excluding carboxylic acids is 1. The van der Waals surface area contributed by atoms with Gasteiger partial charge in [0.25, 0.3) is 0 Å². The molecule has 1 aliphatic heterocycles. The van der Waals surface area contributed by atoms with E-state index in [1.807, 2.05) is 6.08 Å². The Morgan fingerprint density at radius 1 is 0.569 bits per heavy atom. The smallest absolute Gasteiger partial charge is 0.220 e. The second-order valence-corrected chi connectivity index (χ2v) is 16.9. The van der Waals surface area contributed by atoms with Crippen LogP contribution in [0.15, 0.2) is 36.5 Å². The lowest BCUT2D eigenvalue weighted by molar-refractivity contribution is -0.302. The Kier molecular flexibility index (Phi) is 37.1. The Bertz CT molecular complexity index is 1000. The van der Waals surface area contributed by atoms with Gasteiger partial charge in [-0.15, -0.1) is 0 Å². The predicted molar refractivity (Wildman–Crippen MR) is 240 cm³/mol. The molecule has 0 saturated carbocycles. The molecule has 0 aromatic heterocycles. The van der Waals surface area contributed by atoms with E-state index in [0.717, 1.165) is 51.4 Å². The van der Waals surface area contributed by atoms with Crippen molar-refractivity contribution in [3.05, 3.63) is 36.5 Å². The Hall–Kier alpha value is -1.59. The minimum absolute atomic E-state index is 0.191. The summed E-state index contributed by atoms with van der Waals surface area (Å²) in [6.45, 7) is 3.75. The standard InChI is InChI=1S/C49H91NO8/c1-3-5-7-9-11-13-15-17-19-20-21-22-23-25-27-29-31-33-35-37-39-45(53)50-42(41-57-49-48(56)47(55)46(54)44(40-51)58-49)43(52)38-36-34-32-30-28-26-24-18-16-14-12-10-8-6-4-2/h21-22,28,30,36,38,42-44,46-49,51-52,54-56H,3-20,23-27,29,31-35,37,39-41H2,1-2H3,(H,50,53)/b22-21-,30-28+,38-36+. The van der Waals surface area contributed by atoms with E-state index >= 15 is 0 Å². The number of carbonyl (C=O) groups is 1. The van der Waals surface area contributed by atoms with E-state index in [2.05, 4.69) is 43.5 Å². The van der Waals surface area contributed by atoms with Gasteiger partial charge >= 0.3 is 0 Å². The van der Waals surface area contributed by atoms with Gasteiger partial charge in [-0.25, -0.2) is 0 Å². The van der Waals surface area contributed by atoms with Crippen LogP contribution in [-0.2, 0) is 14.3 Å². The second-order valence-electron chi connectivity index (χ2n) is 16.9. The fraction of sp³-hybridized carbons (Fsp3) is 0.857. The Balaban J connectivity index is 2.34. The second kappa shape index (κ2) is 39.5. The molecule has 1 rings (SSSR count). The van der Waals surface area contributed by atoms with Crippen LogP contribution in [0.25, 0.3) is 0 Å². The number of aliphatic hydroxyl groups excluding tert-OH is 5. The van der Waals surface area contributed by atoms with Crippen molar-refractivity contribution in [1.82, 2.24) is 5.32 Å². The maximum absolute atomic E-state index is 13.0. The van der Waals surface area contributed by atoms with Crippen molar-refractivity contribution in [2.75, 3.05) is 13.2 Å². The maximum atomic E-state index is 13.0. The van der Waals surface area contributed by atoms with E-state index in [0.29, 0.717) is 6.42 Å². The number of hydrogen-bond donors (Lipinski definition) is 6. The molecule has 7 atom stereocenters. The molecular weight excluding hydrogens is 731 g/mol. The molecule has 7 unspecified atom stereocenters. The molecule has 0 aromatic rings. The summed E-state index contributed by atoms with van der Waals surface area (Å²) < 4.78 is 11.2. The zero-order valence-electron chi connectivity index (χ0n) is 37.3. The average Bonchev–Trinajstić information content (AvgIpc) is 3.22. The number of aliphatic hydroxyl groups is 5. The van der Waals surface area contributed by atoms with Gasteiger partial charge in [0.2, 0.25) is 5.91 Å². The van der Waals surface area contributed by atoms with Crippen molar-refractivity contribution in [2.45, 2.75) is 256 Å². The zero-order valence-corrected chi connectivity index (χ0v) is 37.3. The summed E-state index contributed by atoms with van der Waals surface area (Å²) in [5.74, 6) is -0.191. The number of allylic oxidation sites excluding steroid dienone is 5. The average molecular weight is 822 g/mol. The summed E-state index contributed by atoms with van der Waals surface area (Å²) in [5, 5.41) is 54.2. The maximum Gasteiger partial charge on any atom is 0.220 e. The van der Waals surface area contributed by atoms with E-state index in [1.165, 1.54) is 141 Å². The first-order valence-electron chi connectivity index (χ1n) is 24.2. The molecule has 0 spiro atoms. The number of nitrogens with one attached hydrogen (secondary N) is 1. The summed E-state index contributed by atoms with van der Waals surface area (Å²) in [4.78, 5) is 13.0. The lowest BCUT2D eigenvalue weighted by Crippen LogP contribution is -2.60. The molecular formula is C49H91NO8. The highest BCUT2D eigenvalue weighted by atomic mass is 16.7. The van der Waals surface area contributed by atoms with E-state index in [-0.39, 0.29) is 12.5 Å². The molecule has 1 heterocycles. The number of amides is 1. The lowest BCUT2D eigenvalue weighted by atomic mass is 9.99. The third-order valence-corrected chi connectivity index (χ3v) is 11.4. The summed E-state index contributed by atoms with van der Waals surface area (Å²) in [6.07, 6.45) is 41.9. The molecule has 6 N–H and O–H groups in total. The molecule has 0 bridgehead atoms. The number of hydrogen-bond acceptors (Lipinski definition) is 8. The van der Waals surface area contributed by atoms with Crippen molar-refractivity contribution >= 4 is 5.91 Å². The number of rotatable bonds is 40. The quantitative estimate of drug-likeness (QED) is 0.0264. The topological polar surface area (TPSA) is 149 Å². The molecule has 1 amide bonds. The van der Waals surface area contributed by atoms with Gasteiger partial charge in [0.1, 0.15) is 24.4 Å². The summed E-state index contributed by atoms with van der Waals surface area (Å²) in [7, 11) is 0. The van der Waals surface area contributed by atoms with Crippen molar-refractivity contribution in [3.8, 4) is 0 Å². The minimum Gasteiger partial charge on any atom is -0.394 e. The van der Waals surface area contributed by atoms with E-state index < -0.39 is 49.5 Å². The van der Waals surface area contributed by atoms with Gasteiger partial charge < -0.3 is 40.3 Å². The van der Waals surface area contributed by atoms with Crippen LogP contribution in [0.5, 0.6) is 0 Å². The SMILES string of the molecule is CCCCCCCCCCC/C=C\CCCCCCCCCC(=O)NC(COC1OC(CO)C(O)C(O)C1O)C(O)/C=C/CC/C=C/CCCCCCCCCCC. The van der Waals surface area contributed by atoms with Crippen LogP contribution in [-0.4, -0.2) is 87.5 Å². The Morgan fingerprint density at radius 3 is 1.45 bits per heavy atom. The molecule has 1 fully saturated rings. The van der Waals surface area contributed by atoms with Gasteiger partial charge in [0.05, 0.1) is 25.4 Å². The summed E-state index contributed by atoms with van der Waals surface area (Å²) in [6, 6.07) is -0.822. The van der Waals surface area contributed by atoms with Gasteiger partial charge in [-0.2, -0.15) is 0 Å². The van der Waals surface area contributed by atoms with E-state index in [4.69, 9.17) is 9.47 Å². The molecule has 9 nitrogen and oxygen atoms in total. The van der Waals surface area contributed by atoms with Gasteiger partial charge in [0.15, 0.2) is 6.29 Å². The van der Waals surface area contributed by atoms with Gasteiger partial charge in [-0.1, -0.05) is 185 Å². The summed E-state index contributed by atoms with van der Waals surface area (Å²) >= 11 is 0. The van der Waals surface area contributed by atoms with Crippen LogP contribution in [0, 0.1) is 0 Å².